The van der Waals surface area contributed by atoms with E-state index in [2.05, 4.69) is 0 Å². The zero-order valence-corrected chi connectivity index (χ0v) is 15.6. The molecule has 6 nitrogen and oxygen atoms in total. The van der Waals surface area contributed by atoms with E-state index in [1.165, 1.54) is 18.2 Å². The number of hydrogen-bond acceptors (Lipinski definition) is 4. The fraction of sp³-hybridized carbons (Fsp3) is 0.250. The minimum Gasteiger partial charge on any atom is -0.263 e. The molecule has 3 rings (SSSR count). The molecule has 2 N–H and O–H groups in total. The Morgan fingerprint density at radius 1 is 1.04 bits per heavy atom. The number of anilines is 1. The lowest BCUT2D eigenvalue weighted by Gasteiger charge is -2.25. The van der Waals surface area contributed by atoms with Gasteiger partial charge in [-0.3, -0.25) is 4.31 Å². The highest BCUT2D eigenvalue weighted by atomic mass is 32.2. The summed E-state index contributed by atoms with van der Waals surface area (Å²) in [5.41, 5.74) is -0.419. The van der Waals surface area contributed by atoms with E-state index in [9.17, 15) is 30.0 Å². The third kappa shape index (κ3) is 3.54. The van der Waals surface area contributed by atoms with Crippen LogP contribution in [0.25, 0.3) is 0 Å². The molecule has 0 aromatic heterocycles. The summed E-state index contributed by atoms with van der Waals surface area (Å²) < 4.78 is 88.7. The fourth-order valence-electron chi connectivity index (χ4n) is 3.07. The van der Waals surface area contributed by atoms with Crippen LogP contribution in [0.15, 0.2) is 52.3 Å². The standard InChI is InChI=1S/C16H15F3N2O4S2/c1-10-7-11-8-13(26(20,22)23)5-6-15(11)21(10)27(24,25)14-4-2-3-12(9-14)16(17,18)19/h2-6,8-10H,7H2,1H3,(H2,20,22,23). The van der Waals surface area contributed by atoms with Gasteiger partial charge in [0.1, 0.15) is 0 Å². The van der Waals surface area contributed by atoms with E-state index in [0.717, 1.165) is 22.5 Å². The van der Waals surface area contributed by atoms with Crippen molar-refractivity contribution in [1.82, 2.24) is 0 Å². The SMILES string of the molecule is CC1Cc2cc(S(N)(=O)=O)ccc2N1S(=O)(=O)c1cccc(C(F)(F)F)c1. The molecule has 0 saturated heterocycles. The molecule has 2 aromatic rings. The summed E-state index contributed by atoms with van der Waals surface area (Å²) in [4.78, 5) is -0.653. The van der Waals surface area contributed by atoms with Crippen molar-refractivity contribution < 1.29 is 30.0 Å². The predicted molar refractivity (Wildman–Crippen MR) is 92.1 cm³/mol. The first-order valence-corrected chi connectivity index (χ1v) is 10.7. The van der Waals surface area contributed by atoms with Crippen molar-refractivity contribution in [2.75, 3.05) is 4.31 Å². The molecule has 1 aliphatic rings. The van der Waals surface area contributed by atoms with Crippen LogP contribution >= 0.6 is 0 Å². The number of alkyl halides is 3. The van der Waals surface area contributed by atoms with Gasteiger partial charge in [0, 0.05) is 6.04 Å². The summed E-state index contributed by atoms with van der Waals surface area (Å²) in [7, 11) is -8.24. The predicted octanol–water partition coefficient (Wildman–Crippen LogP) is 2.49. The molecule has 2 aromatic carbocycles. The van der Waals surface area contributed by atoms with Gasteiger partial charge in [0.05, 0.1) is 21.0 Å². The van der Waals surface area contributed by atoms with Crippen LogP contribution in [-0.2, 0) is 32.6 Å². The minimum atomic E-state index is -4.68. The van der Waals surface area contributed by atoms with Gasteiger partial charge >= 0.3 is 6.18 Å². The van der Waals surface area contributed by atoms with Crippen LogP contribution in [0.1, 0.15) is 18.1 Å². The Bertz CT molecular complexity index is 1110. The van der Waals surface area contributed by atoms with E-state index in [1.807, 2.05) is 0 Å². The van der Waals surface area contributed by atoms with Crippen molar-refractivity contribution in [2.45, 2.75) is 35.4 Å². The molecule has 146 valence electrons. The van der Waals surface area contributed by atoms with Crippen LogP contribution in [0.4, 0.5) is 18.9 Å². The Morgan fingerprint density at radius 3 is 2.30 bits per heavy atom. The summed E-state index contributed by atoms with van der Waals surface area (Å²) >= 11 is 0. The lowest BCUT2D eigenvalue weighted by atomic mass is 10.1. The van der Waals surface area contributed by atoms with Gasteiger partial charge in [0.2, 0.25) is 10.0 Å². The van der Waals surface area contributed by atoms with E-state index >= 15 is 0 Å². The monoisotopic (exact) mass is 420 g/mol. The molecule has 0 amide bonds. The molecule has 0 saturated carbocycles. The Hall–Kier alpha value is -2.11. The molecule has 0 radical (unpaired) electrons. The van der Waals surface area contributed by atoms with Crippen molar-refractivity contribution in [2.24, 2.45) is 5.14 Å². The maximum atomic E-state index is 13.0. The van der Waals surface area contributed by atoms with Crippen molar-refractivity contribution in [3.63, 3.8) is 0 Å². The Balaban J connectivity index is 2.10. The van der Waals surface area contributed by atoms with Gasteiger partial charge in [-0.15, -0.1) is 0 Å². The first-order valence-electron chi connectivity index (χ1n) is 7.69. The maximum absolute atomic E-state index is 13.0. The minimum absolute atomic E-state index is 0.160. The van der Waals surface area contributed by atoms with Crippen molar-refractivity contribution in [1.29, 1.82) is 0 Å². The highest BCUT2D eigenvalue weighted by molar-refractivity contribution is 7.93. The van der Waals surface area contributed by atoms with Gasteiger partial charge in [-0.1, -0.05) is 6.07 Å². The summed E-state index contributed by atoms with van der Waals surface area (Å²) in [6.45, 7) is 1.59. The lowest BCUT2D eigenvalue weighted by Crippen LogP contribution is -2.35. The van der Waals surface area contributed by atoms with Crippen molar-refractivity contribution >= 4 is 25.7 Å². The molecular formula is C16H15F3N2O4S2. The molecule has 1 unspecified atom stereocenters. The molecule has 1 heterocycles. The molecule has 1 aliphatic heterocycles. The summed E-state index contributed by atoms with van der Waals surface area (Å²) in [6.07, 6.45) is -4.47. The third-order valence-electron chi connectivity index (χ3n) is 4.25. The molecule has 0 bridgehead atoms. The van der Waals surface area contributed by atoms with Gasteiger partial charge < -0.3 is 0 Å². The van der Waals surface area contributed by atoms with Crippen LogP contribution in [0, 0.1) is 0 Å². The summed E-state index contributed by atoms with van der Waals surface area (Å²) in [5, 5.41) is 5.09. The van der Waals surface area contributed by atoms with E-state index in [-0.39, 0.29) is 17.0 Å². The number of halogens is 3. The Labute approximate surface area is 154 Å². The van der Waals surface area contributed by atoms with E-state index < -0.39 is 42.7 Å². The number of sulfonamides is 2. The molecule has 11 heteroatoms. The fourth-order valence-corrected chi connectivity index (χ4v) is 5.37. The van der Waals surface area contributed by atoms with Crippen LogP contribution in [-0.4, -0.2) is 22.9 Å². The first-order chi connectivity index (χ1) is 12.3. The van der Waals surface area contributed by atoms with E-state index in [0.29, 0.717) is 11.6 Å². The maximum Gasteiger partial charge on any atom is 0.416 e. The summed E-state index contributed by atoms with van der Waals surface area (Å²) in [6, 6.07) is 6.63. The topological polar surface area (TPSA) is 97.5 Å². The highest BCUT2D eigenvalue weighted by Crippen LogP contribution is 2.39. The zero-order chi connectivity index (χ0) is 20.2. The van der Waals surface area contributed by atoms with Gasteiger partial charge in [0.15, 0.2) is 0 Å². The van der Waals surface area contributed by atoms with Crippen molar-refractivity contribution in [3.05, 3.63) is 53.6 Å². The van der Waals surface area contributed by atoms with Crippen LogP contribution in [0.3, 0.4) is 0 Å². The molecule has 27 heavy (non-hydrogen) atoms. The molecule has 1 atom stereocenters. The van der Waals surface area contributed by atoms with E-state index in [1.54, 1.807) is 6.92 Å². The Morgan fingerprint density at radius 2 is 1.70 bits per heavy atom. The largest absolute Gasteiger partial charge is 0.416 e. The smallest absolute Gasteiger partial charge is 0.263 e. The average Bonchev–Trinajstić information content (AvgIpc) is 2.88. The van der Waals surface area contributed by atoms with E-state index in [4.69, 9.17) is 5.14 Å². The molecule has 0 aliphatic carbocycles. The van der Waals surface area contributed by atoms with Gasteiger partial charge in [-0.05, 0) is 55.3 Å². The number of nitrogens with two attached hydrogens (primary N) is 1. The first kappa shape index (κ1) is 19.6. The number of hydrogen-bond donors (Lipinski definition) is 1. The average molecular weight is 420 g/mol. The summed E-state index contributed by atoms with van der Waals surface area (Å²) in [5.74, 6) is 0. The number of nitrogens with zero attached hydrogens (tertiary/aromatic N) is 1. The second-order valence-electron chi connectivity index (χ2n) is 6.22. The normalized spacial score (nSPS) is 17.8. The molecule has 0 spiro atoms. The quantitative estimate of drug-likeness (QED) is 0.825. The molecule has 0 fully saturated rings. The van der Waals surface area contributed by atoms with Crippen LogP contribution < -0.4 is 9.44 Å². The third-order valence-corrected chi connectivity index (χ3v) is 7.09. The second kappa shape index (κ2) is 6.21. The zero-order valence-electron chi connectivity index (χ0n) is 13.9. The van der Waals surface area contributed by atoms with Crippen LogP contribution in [0.5, 0.6) is 0 Å². The van der Waals surface area contributed by atoms with Gasteiger partial charge in [-0.2, -0.15) is 13.2 Å². The number of rotatable bonds is 3. The lowest BCUT2D eigenvalue weighted by molar-refractivity contribution is -0.137. The van der Waals surface area contributed by atoms with Gasteiger partial charge in [0.25, 0.3) is 10.0 Å². The molecular weight excluding hydrogens is 405 g/mol. The van der Waals surface area contributed by atoms with Gasteiger partial charge in [-0.25, -0.2) is 22.0 Å². The number of primary sulfonamides is 1. The van der Waals surface area contributed by atoms with Crippen molar-refractivity contribution in [3.8, 4) is 0 Å². The Kier molecular flexibility index (Phi) is 4.52. The number of fused-ring (bicyclic) bond motifs is 1. The second-order valence-corrected chi connectivity index (χ2v) is 9.59. The highest BCUT2D eigenvalue weighted by Gasteiger charge is 2.38. The van der Waals surface area contributed by atoms with Crippen LogP contribution in [0.2, 0.25) is 0 Å². The number of benzene rings is 2.